The molecule has 0 bridgehead atoms. The van der Waals surface area contributed by atoms with E-state index in [0.717, 1.165) is 64.7 Å². The largest absolute Gasteiger partial charge is 0.457 e. The first-order chi connectivity index (χ1) is 18.1. The van der Waals surface area contributed by atoms with Crippen molar-refractivity contribution in [2.75, 3.05) is 29.9 Å². The van der Waals surface area contributed by atoms with Gasteiger partial charge in [-0.1, -0.05) is 31.6 Å². The van der Waals surface area contributed by atoms with Gasteiger partial charge in [-0.15, -0.1) is 0 Å². The van der Waals surface area contributed by atoms with Gasteiger partial charge in [0, 0.05) is 43.2 Å². The van der Waals surface area contributed by atoms with Gasteiger partial charge in [-0.2, -0.15) is 0 Å². The van der Waals surface area contributed by atoms with E-state index in [1.165, 1.54) is 0 Å². The van der Waals surface area contributed by atoms with Crippen LogP contribution >= 0.6 is 11.3 Å². The van der Waals surface area contributed by atoms with E-state index in [2.05, 4.69) is 20.6 Å². The lowest BCUT2D eigenvalue weighted by atomic mass is 9.93. The number of aliphatic hydroxyl groups is 1. The Balaban J connectivity index is 0.00000294. The number of aromatic nitrogens is 3. The van der Waals surface area contributed by atoms with Gasteiger partial charge in [0.1, 0.15) is 17.3 Å². The van der Waals surface area contributed by atoms with E-state index in [9.17, 15) is 9.90 Å². The van der Waals surface area contributed by atoms with Crippen molar-refractivity contribution in [2.45, 2.75) is 45.3 Å². The van der Waals surface area contributed by atoms with Crippen LogP contribution in [0.25, 0.3) is 21.5 Å². The summed E-state index contributed by atoms with van der Waals surface area (Å²) in [4.78, 5) is 27.4. The molecule has 1 aliphatic heterocycles. The number of pyridine rings is 2. The number of hydrogen-bond donors (Lipinski definition) is 3. The quantitative estimate of drug-likeness (QED) is 0.324. The highest BCUT2D eigenvalue weighted by Gasteiger charge is 2.24. The van der Waals surface area contributed by atoms with Gasteiger partial charge in [0.05, 0.1) is 34.6 Å². The number of anilines is 2. The van der Waals surface area contributed by atoms with E-state index in [1.54, 1.807) is 23.7 Å². The summed E-state index contributed by atoms with van der Waals surface area (Å²) >= 11 is 1.57. The number of amides is 1. The molecule has 4 heterocycles. The predicted molar refractivity (Wildman–Crippen MR) is 151 cm³/mol. The second kappa shape index (κ2) is 11.3. The average molecular weight is 533 g/mol. The first kappa shape index (κ1) is 25.9. The maximum Gasteiger partial charge on any atom is 0.239 e. The summed E-state index contributed by atoms with van der Waals surface area (Å²) < 4.78 is 7.20. The first-order valence-corrected chi connectivity index (χ1v) is 13.4. The maximum absolute atomic E-state index is 11.8. The SMILES string of the molecule is C.O=C1CN(c2cc(-c3cc(Oc4ccc5nc(N[C@@H]6CCCC[C@H]6O)sc5c4)ccn3)ccn2)CCN1. The topological polar surface area (TPSA) is 113 Å². The Hall–Kier alpha value is -3.76. The van der Waals surface area contributed by atoms with E-state index >= 15 is 0 Å². The molecule has 6 rings (SSSR count). The second-order valence-corrected chi connectivity index (χ2v) is 10.4. The van der Waals surface area contributed by atoms with Crippen molar-refractivity contribution in [3.05, 3.63) is 54.9 Å². The summed E-state index contributed by atoms with van der Waals surface area (Å²) in [6.07, 6.45) is 7.14. The Morgan fingerprint density at radius 2 is 1.89 bits per heavy atom. The highest BCUT2D eigenvalue weighted by molar-refractivity contribution is 7.22. The molecule has 198 valence electrons. The standard InChI is InChI=1S/C27H28N6O3S.CH4/c34-23-4-2-1-3-20(23)31-27-32-21-6-5-18(15-24(21)37-27)36-19-8-10-28-22(14-19)17-7-9-29-25(13-17)33-12-11-30-26(35)16-33;/h5-10,13-15,20,23,34H,1-4,11-12,16H2,(H,30,35)(H,31,32);1H4/t20-,23-;/m1./s1. The van der Waals surface area contributed by atoms with E-state index < -0.39 is 0 Å². The zero-order valence-electron chi connectivity index (χ0n) is 20.3. The number of carbonyl (C=O) groups excluding carboxylic acids is 1. The van der Waals surface area contributed by atoms with Crippen molar-refractivity contribution in [1.82, 2.24) is 20.3 Å². The van der Waals surface area contributed by atoms with Gasteiger partial charge >= 0.3 is 0 Å². The van der Waals surface area contributed by atoms with Crippen molar-refractivity contribution >= 4 is 38.4 Å². The van der Waals surface area contributed by atoms with Crippen molar-refractivity contribution in [3.8, 4) is 22.8 Å². The summed E-state index contributed by atoms with van der Waals surface area (Å²) in [5.41, 5.74) is 2.57. The van der Waals surface area contributed by atoms with Gasteiger partial charge in [0.15, 0.2) is 5.13 Å². The number of nitrogens with one attached hydrogen (secondary N) is 2. The molecule has 0 spiro atoms. The fraction of sp³-hybridized carbons (Fsp3) is 0.357. The van der Waals surface area contributed by atoms with Crippen LogP contribution in [0, 0.1) is 0 Å². The Bertz CT molecular complexity index is 1430. The predicted octanol–water partition coefficient (Wildman–Crippen LogP) is 4.83. The van der Waals surface area contributed by atoms with Gasteiger partial charge in [-0.05, 0) is 43.2 Å². The molecule has 3 aromatic heterocycles. The first-order valence-electron chi connectivity index (χ1n) is 12.6. The van der Waals surface area contributed by atoms with Crippen molar-refractivity contribution in [3.63, 3.8) is 0 Å². The van der Waals surface area contributed by atoms with E-state index in [0.29, 0.717) is 24.6 Å². The van der Waals surface area contributed by atoms with Gasteiger partial charge in [0.2, 0.25) is 5.91 Å². The van der Waals surface area contributed by atoms with E-state index in [1.807, 2.05) is 47.4 Å². The number of benzene rings is 1. The number of carbonyl (C=O) groups is 1. The molecule has 3 N–H and O–H groups in total. The average Bonchev–Trinajstić information content (AvgIpc) is 3.32. The minimum atomic E-state index is -0.323. The normalized spacial score (nSPS) is 19.5. The number of aliphatic hydroxyl groups excluding tert-OH is 1. The Morgan fingerprint density at radius 1 is 1.05 bits per heavy atom. The third-order valence-corrected chi connectivity index (χ3v) is 7.72. The second-order valence-electron chi connectivity index (χ2n) is 9.40. The molecule has 1 saturated heterocycles. The van der Waals surface area contributed by atoms with Crippen LogP contribution in [0.3, 0.4) is 0 Å². The van der Waals surface area contributed by atoms with Gasteiger partial charge < -0.3 is 25.4 Å². The zero-order chi connectivity index (χ0) is 25.2. The Kier molecular flexibility index (Phi) is 7.71. The number of ether oxygens (including phenoxy) is 1. The van der Waals surface area contributed by atoms with Gasteiger partial charge in [-0.3, -0.25) is 9.78 Å². The number of thiazole rings is 1. The summed E-state index contributed by atoms with van der Waals surface area (Å²) in [6, 6.07) is 13.5. The van der Waals surface area contributed by atoms with Crippen molar-refractivity contribution in [2.24, 2.45) is 0 Å². The number of hydrogen-bond acceptors (Lipinski definition) is 9. The minimum Gasteiger partial charge on any atom is -0.457 e. The van der Waals surface area contributed by atoms with E-state index in [4.69, 9.17) is 9.72 Å². The molecule has 0 radical (unpaired) electrons. The van der Waals surface area contributed by atoms with Crippen LogP contribution in [0.2, 0.25) is 0 Å². The molecule has 1 saturated carbocycles. The van der Waals surface area contributed by atoms with E-state index in [-0.39, 0.29) is 25.5 Å². The highest BCUT2D eigenvalue weighted by atomic mass is 32.1. The molecule has 1 aromatic carbocycles. The summed E-state index contributed by atoms with van der Waals surface area (Å²) in [5.74, 6) is 2.14. The molecule has 9 nitrogen and oxygen atoms in total. The monoisotopic (exact) mass is 532 g/mol. The Labute approximate surface area is 225 Å². The molecular weight excluding hydrogens is 500 g/mol. The molecule has 1 amide bonds. The number of fused-ring (bicyclic) bond motifs is 1. The van der Waals surface area contributed by atoms with Gasteiger partial charge in [-0.25, -0.2) is 9.97 Å². The zero-order valence-corrected chi connectivity index (χ0v) is 21.1. The van der Waals surface area contributed by atoms with Crippen LogP contribution in [0.5, 0.6) is 11.5 Å². The van der Waals surface area contributed by atoms with Crippen LogP contribution in [0.15, 0.2) is 54.9 Å². The molecule has 4 aromatic rings. The highest BCUT2D eigenvalue weighted by Crippen LogP contribution is 2.33. The van der Waals surface area contributed by atoms with Crippen LogP contribution in [-0.4, -0.2) is 57.7 Å². The molecule has 2 aliphatic rings. The molecule has 2 fully saturated rings. The van der Waals surface area contributed by atoms with Crippen molar-refractivity contribution < 1.29 is 14.6 Å². The van der Waals surface area contributed by atoms with Crippen LogP contribution in [0.4, 0.5) is 10.9 Å². The molecule has 1 aliphatic carbocycles. The fourth-order valence-electron chi connectivity index (χ4n) is 4.82. The van der Waals surface area contributed by atoms with Crippen LogP contribution in [-0.2, 0) is 4.79 Å². The summed E-state index contributed by atoms with van der Waals surface area (Å²) in [6.45, 7) is 1.62. The summed E-state index contributed by atoms with van der Waals surface area (Å²) in [5, 5.41) is 17.4. The smallest absolute Gasteiger partial charge is 0.239 e. The molecule has 10 heteroatoms. The fourth-order valence-corrected chi connectivity index (χ4v) is 5.78. The Morgan fingerprint density at radius 3 is 2.76 bits per heavy atom. The minimum absolute atomic E-state index is 0. The number of piperazine rings is 1. The summed E-state index contributed by atoms with van der Waals surface area (Å²) in [7, 11) is 0. The third-order valence-electron chi connectivity index (χ3n) is 6.77. The molecule has 2 atom stereocenters. The molecule has 0 unspecified atom stereocenters. The lowest BCUT2D eigenvalue weighted by Crippen LogP contribution is -2.48. The van der Waals surface area contributed by atoms with Crippen LogP contribution < -0.4 is 20.3 Å². The maximum atomic E-state index is 11.8. The lowest BCUT2D eigenvalue weighted by Gasteiger charge is -2.27. The third kappa shape index (κ3) is 5.71. The molecular formula is C28H32N6O3S. The number of nitrogens with zero attached hydrogens (tertiary/aromatic N) is 4. The van der Waals surface area contributed by atoms with Gasteiger partial charge in [0.25, 0.3) is 0 Å². The lowest BCUT2D eigenvalue weighted by molar-refractivity contribution is -0.120. The number of rotatable bonds is 6. The van der Waals surface area contributed by atoms with Crippen molar-refractivity contribution in [1.29, 1.82) is 0 Å². The van der Waals surface area contributed by atoms with Crippen LogP contribution in [0.1, 0.15) is 33.1 Å². The molecule has 38 heavy (non-hydrogen) atoms.